The van der Waals surface area contributed by atoms with Crippen LogP contribution in [0.25, 0.3) is 0 Å². The van der Waals surface area contributed by atoms with Gasteiger partial charge in [-0.15, -0.1) is 0 Å². The molecule has 1 aromatic carbocycles. The Balaban J connectivity index is 2.30. The summed E-state index contributed by atoms with van der Waals surface area (Å²) in [6.45, 7) is 0.624. The predicted molar refractivity (Wildman–Crippen MR) is 59.1 cm³/mol. The van der Waals surface area contributed by atoms with Crippen molar-refractivity contribution in [1.82, 2.24) is 0 Å². The number of amides is 1. The number of carbonyl (C=O) groups excluding carboxylic acids is 1. The molecule has 0 radical (unpaired) electrons. The van der Waals surface area contributed by atoms with Crippen molar-refractivity contribution in [2.75, 3.05) is 25.7 Å². The number of ether oxygens (including phenoxy) is 1. The molecule has 0 N–H and O–H groups in total. The van der Waals surface area contributed by atoms with Gasteiger partial charge < -0.3 is 9.64 Å². The van der Waals surface area contributed by atoms with E-state index in [-0.39, 0.29) is 11.8 Å². The summed E-state index contributed by atoms with van der Waals surface area (Å²) in [7, 11) is 3.49. The summed E-state index contributed by atoms with van der Waals surface area (Å²) in [6.07, 6.45) is 0.761. The van der Waals surface area contributed by atoms with Crippen LogP contribution in [0.2, 0.25) is 0 Å². The highest BCUT2D eigenvalue weighted by molar-refractivity contribution is 6.04. The van der Waals surface area contributed by atoms with E-state index in [1.807, 2.05) is 31.3 Å². The number of nitrogens with zero attached hydrogens (tertiary/aromatic N) is 1. The predicted octanol–water partition coefficient (Wildman–Crippen LogP) is 1.78. The van der Waals surface area contributed by atoms with E-state index in [0.29, 0.717) is 6.61 Å². The van der Waals surface area contributed by atoms with Crippen LogP contribution in [-0.2, 0) is 9.53 Å². The van der Waals surface area contributed by atoms with E-state index >= 15 is 0 Å². The van der Waals surface area contributed by atoms with E-state index < -0.39 is 0 Å². The van der Waals surface area contributed by atoms with Gasteiger partial charge in [0.25, 0.3) is 0 Å². The first-order valence-electron chi connectivity index (χ1n) is 5.11. The van der Waals surface area contributed by atoms with Crippen molar-refractivity contribution in [1.29, 1.82) is 0 Å². The molecule has 1 aliphatic heterocycles. The maximum absolute atomic E-state index is 11.9. The van der Waals surface area contributed by atoms with Crippen molar-refractivity contribution in [2.45, 2.75) is 12.3 Å². The molecule has 1 amide bonds. The molecule has 80 valence electrons. The topological polar surface area (TPSA) is 29.5 Å². The molecule has 0 aromatic heterocycles. The molecule has 0 saturated heterocycles. The normalized spacial score (nSPS) is 19.5. The van der Waals surface area contributed by atoms with Crippen LogP contribution in [0.15, 0.2) is 24.3 Å². The number of likely N-dealkylation sites (N-methyl/N-ethyl adjacent to an activating group) is 1. The standard InChI is InChI=1S/C12H15NO2/c1-13-11-6-4-3-5-9(11)10(12(13)14)7-8-15-2/h3-6,10H,7-8H2,1-2H3. The minimum Gasteiger partial charge on any atom is -0.385 e. The van der Waals surface area contributed by atoms with Crippen molar-refractivity contribution in [3.63, 3.8) is 0 Å². The lowest BCUT2D eigenvalue weighted by Gasteiger charge is -2.10. The number of para-hydroxylation sites is 1. The zero-order valence-corrected chi connectivity index (χ0v) is 9.06. The number of anilines is 1. The van der Waals surface area contributed by atoms with Gasteiger partial charge in [0.2, 0.25) is 5.91 Å². The van der Waals surface area contributed by atoms with Gasteiger partial charge in [-0.05, 0) is 18.1 Å². The van der Waals surface area contributed by atoms with E-state index in [1.54, 1.807) is 12.0 Å². The van der Waals surface area contributed by atoms with Crippen molar-refractivity contribution in [3.8, 4) is 0 Å². The lowest BCUT2D eigenvalue weighted by atomic mass is 9.98. The second-order valence-corrected chi connectivity index (χ2v) is 3.79. The molecule has 0 fully saturated rings. The minimum absolute atomic E-state index is 0.0221. The van der Waals surface area contributed by atoms with E-state index in [2.05, 4.69) is 0 Å². The molecule has 1 heterocycles. The maximum Gasteiger partial charge on any atom is 0.234 e. The molecule has 0 aliphatic carbocycles. The van der Waals surface area contributed by atoms with Crippen LogP contribution in [0.3, 0.4) is 0 Å². The molecule has 1 aliphatic rings. The molecule has 3 heteroatoms. The molecule has 2 rings (SSSR count). The summed E-state index contributed by atoms with van der Waals surface area (Å²) >= 11 is 0. The third-order valence-electron chi connectivity index (χ3n) is 2.91. The smallest absolute Gasteiger partial charge is 0.234 e. The van der Waals surface area contributed by atoms with Gasteiger partial charge in [0.05, 0.1) is 5.92 Å². The number of methoxy groups -OCH3 is 1. The first kappa shape index (κ1) is 10.2. The Labute approximate surface area is 89.7 Å². The van der Waals surface area contributed by atoms with Crippen LogP contribution >= 0.6 is 0 Å². The van der Waals surface area contributed by atoms with Gasteiger partial charge in [0, 0.05) is 26.5 Å². The zero-order valence-electron chi connectivity index (χ0n) is 9.06. The number of hydrogen-bond donors (Lipinski definition) is 0. The Bertz CT molecular complexity index is 376. The summed E-state index contributed by atoms with van der Waals surface area (Å²) in [5.74, 6) is 0.152. The quantitative estimate of drug-likeness (QED) is 0.752. The Kier molecular flexibility index (Phi) is 2.73. The molecule has 1 aromatic rings. The molecule has 1 atom stereocenters. The number of fused-ring (bicyclic) bond motifs is 1. The fourth-order valence-corrected chi connectivity index (χ4v) is 2.09. The van der Waals surface area contributed by atoms with Crippen molar-refractivity contribution in [3.05, 3.63) is 29.8 Å². The second kappa shape index (κ2) is 4.03. The Morgan fingerprint density at radius 2 is 2.13 bits per heavy atom. The van der Waals surface area contributed by atoms with Crippen LogP contribution in [0, 0.1) is 0 Å². The lowest BCUT2D eigenvalue weighted by molar-refractivity contribution is -0.119. The molecule has 0 spiro atoms. The van der Waals surface area contributed by atoms with Crippen LogP contribution in [-0.4, -0.2) is 26.7 Å². The highest BCUT2D eigenvalue weighted by Crippen LogP contribution is 2.37. The maximum atomic E-state index is 11.9. The van der Waals surface area contributed by atoms with Crippen molar-refractivity contribution in [2.24, 2.45) is 0 Å². The Hall–Kier alpha value is -1.35. The van der Waals surface area contributed by atoms with E-state index in [9.17, 15) is 4.79 Å². The van der Waals surface area contributed by atoms with E-state index in [4.69, 9.17) is 4.74 Å². The highest BCUT2D eigenvalue weighted by atomic mass is 16.5. The molecule has 0 saturated carbocycles. The number of hydrogen-bond acceptors (Lipinski definition) is 2. The highest BCUT2D eigenvalue weighted by Gasteiger charge is 2.33. The van der Waals surface area contributed by atoms with Crippen LogP contribution in [0.1, 0.15) is 17.9 Å². The summed E-state index contributed by atoms with van der Waals surface area (Å²) in [5, 5.41) is 0. The van der Waals surface area contributed by atoms with Gasteiger partial charge in [-0.1, -0.05) is 18.2 Å². The van der Waals surface area contributed by atoms with Gasteiger partial charge in [0.15, 0.2) is 0 Å². The van der Waals surface area contributed by atoms with Gasteiger partial charge in [-0.25, -0.2) is 0 Å². The van der Waals surface area contributed by atoms with Crippen LogP contribution in [0.5, 0.6) is 0 Å². The molecule has 1 unspecified atom stereocenters. The summed E-state index contributed by atoms with van der Waals surface area (Å²) in [4.78, 5) is 13.7. The average Bonchev–Trinajstić information content (AvgIpc) is 2.51. The molecule has 0 bridgehead atoms. The third-order valence-corrected chi connectivity index (χ3v) is 2.91. The minimum atomic E-state index is -0.0221. The Morgan fingerprint density at radius 1 is 1.40 bits per heavy atom. The van der Waals surface area contributed by atoms with E-state index in [0.717, 1.165) is 17.7 Å². The van der Waals surface area contributed by atoms with Crippen molar-refractivity contribution >= 4 is 11.6 Å². The third kappa shape index (κ3) is 1.63. The van der Waals surface area contributed by atoms with Gasteiger partial charge in [0.1, 0.15) is 0 Å². The molecule has 15 heavy (non-hydrogen) atoms. The fourth-order valence-electron chi connectivity index (χ4n) is 2.09. The zero-order chi connectivity index (χ0) is 10.8. The van der Waals surface area contributed by atoms with Gasteiger partial charge in [-0.3, -0.25) is 4.79 Å². The average molecular weight is 205 g/mol. The number of benzene rings is 1. The second-order valence-electron chi connectivity index (χ2n) is 3.79. The summed E-state index contributed by atoms with van der Waals surface area (Å²) < 4.78 is 5.03. The SMILES string of the molecule is COCCC1C(=O)N(C)c2ccccc21. The van der Waals surface area contributed by atoms with Crippen molar-refractivity contribution < 1.29 is 9.53 Å². The number of carbonyl (C=O) groups is 1. The number of rotatable bonds is 3. The monoisotopic (exact) mass is 205 g/mol. The summed E-state index contributed by atoms with van der Waals surface area (Å²) in [5.41, 5.74) is 2.16. The van der Waals surface area contributed by atoms with Crippen LogP contribution in [0.4, 0.5) is 5.69 Å². The van der Waals surface area contributed by atoms with Gasteiger partial charge in [-0.2, -0.15) is 0 Å². The van der Waals surface area contributed by atoms with Crippen LogP contribution < -0.4 is 4.90 Å². The first-order chi connectivity index (χ1) is 7.25. The van der Waals surface area contributed by atoms with Gasteiger partial charge >= 0.3 is 0 Å². The lowest BCUT2D eigenvalue weighted by Crippen LogP contribution is -2.24. The molecular weight excluding hydrogens is 190 g/mol. The fraction of sp³-hybridized carbons (Fsp3) is 0.417. The molecular formula is C12H15NO2. The molecule has 3 nitrogen and oxygen atoms in total. The Morgan fingerprint density at radius 3 is 2.87 bits per heavy atom. The van der Waals surface area contributed by atoms with E-state index in [1.165, 1.54) is 0 Å². The largest absolute Gasteiger partial charge is 0.385 e. The first-order valence-corrected chi connectivity index (χ1v) is 5.11. The summed E-state index contributed by atoms with van der Waals surface area (Å²) in [6, 6.07) is 7.95.